The Kier molecular flexibility index (Phi) is 5.37. The largest absolute Gasteiger partial charge is 0.335 e. The molecule has 1 aliphatic heterocycles. The lowest BCUT2D eigenvalue weighted by Crippen LogP contribution is -2.42. The summed E-state index contributed by atoms with van der Waals surface area (Å²) < 4.78 is 1.88. The van der Waals surface area contributed by atoms with Gasteiger partial charge in [-0.25, -0.2) is 4.98 Å². The standard InChI is InChI=1S/C23H29N5O/c1-5-27-15-18(13-24-27)21-12-20(19-8-7-16(2)11-22(19)25-21)23(29)28-10-6-9-26(4)14-17(28)3/h7-8,11-13,15,17H,5-6,9-10,14H2,1-4H3/t17-/m1/s1. The van der Waals surface area contributed by atoms with Crippen molar-refractivity contribution in [2.24, 2.45) is 0 Å². The van der Waals surface area contributed by atoms with E-state index in [1.807, 2.05) is 34.1 Å². The number of carbonyl (C=O) groups is 1. The molecule has 2 aromatic heterocycles. The minimum absolute atomic E-state index is 0.0909. The van der Waals surface area contributed by atoms with Gasteiger partial charge in [0.15, 0.2) is 0 Å². The lowest BCUT2D eigenvalue weighted by molar-refractivity contribution is 0.0698. The van der Waals surface area contributed by atoms with Crippen molar-refractivity contribution in [2.75, 3.05) is 26.7 Å². The first-order valence-corrected chi connectivity index (χ1v) is 10.4. The van der Waals surface area contributed by atoms with Crippen molar-refractivity contribution in [2.45, 2.75) is 39.8 Å². The SMILES string of the molecule is CCn1cc(-c2cc(C(=O)N3CCCN(C)C[C@H]3C)c3ccc(C)cc3n2)cn1. The van der Waals surface area contributed by atoms with Gasteiger partial charge in [0.05, 0.1) is 23.0 Å². The predicted octanol–water partition coefficient (Wildman–Crippen LogP) is 3.59. The minimum atomic E-state index is 0.0909. The number of nitrogens with zero attached hydrogens (tertiary/aromatic N) is 5. The molecule has 1 fully saturated rings. The zero-order chi connectivity index (χ0) is 20.5. The molecule has 152 valence electrons. The number of pyridine rings is 1. The van der Waals surface area contributed by atoms with Gasteiger partial charge in [0.1, 0.15) is 0 Å². The van der Waals surface area contributed by atoms with Crippen LogP contribution in [0.15, 0.2) is 36.7 Å². The number of aryl methyl sites for hydroxylation is 2. The van der Waals surface area contributed by atoms with Gasteiger partial charge in [-0.3, -0.25) is 9.48 Å². The van der Waals surface area contributed by atoms with Gasteiger partial charge in [-0.2, -0.15) is 5.10 Å². The minimum Gasteiger partial charge on any atom is -0.335 e. The van der Waals surface area contributed by atoms with Gasteiger partial charge in [0, 0.05) is 42.8 Å². The fourth-order valence-electron chi connectivity index (χ4n) is 4.16. The van der Waals surface area contributed by atoms with E-state index in [0.717, 1.165) is 65.9 Å². The lowest BCUT2D eigenvalue weighted by Gasteiger charge is -2.28. The smallest absolute Gasteiger partial charge is 0.254 e. The molecule has 29 heavy (non-hydrogen) atoms. The molecule has 4 rings (SSSR count). The van der Waals surface area contributed by atoms with Crippen LogP contribution in [0.2, 0.25) is 0 Å². The summed E-state index contributed by atoms with van der Waals surface area (Å²) in [7, 11) is 2.12. The summed E-state index contributed by atoms with van der Waals surface area (Å²) in [5.74, 6) is 0.0909. The monoisotopic (exact) mass is 391 g/mol. The Morgan fingerprint density at radius 3 is 2.83 bits per heavy atom. The van der Waals surface area contributed by atoms with Crippen LogP contribution in [0.3, 0.4) is 0 Å². The Morgan fingerprint density at radius 1 is 1.24 bits per heavy atom. The van der Waals surface area contributed by atoms with Crippen molar-refractivity contribution in [3.8, 4) is 11.3 Å². The molecule has 1 aliphatic rings. The number of likely N-dealkylation sites (N-methyl/N-ethyl adjacent to an activating group) is 1. The normalized spacial score (nSPS) is 18.2. The Labute approximate surface area is 172 Å². The molecule has 0 radical (unpaired) electrons. The maximum atomic E-state index is 13.7. The maximum Gasteiger partial charge on any atom is 0.254 e. The van der Waals surface area contributed by atoms with Crippen molar-refractivity contribution < 1.29 is 4.79 Å². The molecule has 0 unspecified atom stereocenters. The van der Waals surface area contributed by atoms with E-state index in [0.29, 0.717) is 0 Å². The number of amides is 1. The molecule has 0 N–H and O–H groups in total. The van der Waals surface area contributed by atoms with Crippen LogP contribution >= 0.6 is 0 Å². The number of aromatic nitrogens is 3. The molecular weight excluding hydrogens is 362 g/mol. The average molecular weight is 392 g/mol. The highest BCUT2D eigenvalue weighted by Gasteiger charge is 2.27. The maximum absolute atomic E-state index is 13.7. The Bertz CT molecular complexity index is 1040. The van der Waals surface area contributed by atoms with Crippen molar-refractivity contribution in [3.05, 3.63) is 47.8 Å². The summed E-state index contributed by atoms with van der Waals surface area (Å²) >= 11 is 0. The van der Waals surface area contributed by atoms with Crippen molar-refractivity contribution in [3.63, 3.8) is 0 Å². The number of hydrogen-bond donors (Lipinski definition) is 0. The second kappa shape index (κ2) is 7.95. The van der Waals surface area contributed by atoms with E-state index in [4.69, 9.17) is 4.98 Å². The van der Waals surface area contributed by atoms with E-state index in [1.165, 1.54) is 0 Å². The highest BCUT2D eigenvalue weighted by atomic mass is 16.2. The van der Waals surface area contributed by atoms with Gasteiger partial charge < -0.3 is 9.80 Å². The molecule has 0 saturated carbocycles. The zero-order valence-electron chi connectivity index (χ0n) is 17.7. The van der Waals surface area contributed by atoms with Crippen LogP contribution in [0.5, 0.6) is 0 Å². The van der Waals surface area contributed by atoms with E-state index in [-0.39, 0.29) is 11.9 Å². The summed E-state index contributed by atoms with van der Waals surface area (Å²) in [5, 5.41) is 5.30. The first-order chi connectivity index (χ1) is 14.0. The molecule has 1 saturated heterocycles. The second-order valence-electron chi connectivity index (χ2n) is 8.12. The number of carbonyl (C=O) groups excluding carboxylic acids is 1. The van der Waals surface area contributed by atoms with Gasteiger partial charge in [-0.05, 0) is 58.5 Å². The summed E-state index contributed by atoms with van der Waals surface area (Å²) in [4.78, 5) is 22.9. The number of hydrogen-bond acceptors (Lipinski definition) is 4. The van der Waals surface area contributed by atoms with Crippen LogP contribution in [0.1, 0.15) is 36.2 Å². The summed E-state index contributed by atoms with van der Waals surface area (Å²) in [6, 6.07) is 8.25. The third-order valence-electron chi connectivity index (χ3n) is 5.76. The van der Waals surface area contributed by atoms with Crippen LogP contribution in [-0.4, -0.2) is 63.2 Å². The van der Waals surface area contributed by atoms with Gasteiger partial charge in [-0.1, -0.05) is 12.1 Å². The van der Waals surface area contributed by atoms with E-state index in [9.17, 15) is 4.79 Å². The van der Waals surface area contributed by atoms with E-state index < -0.39 is 0 Å². The molecule has 6 nitrogen and oxygen atoms in total. The Hall–Kier alpha value is -2.73. The molecule has 0 bridgehead atoms. The molecular formula is C23H29N5O. The van der Waals surface area contributed by atoms with Crippen LogP contribution in [0.4, 0.5) is 0 Å². The van der Waals surface area contributed by atoms with Gasteiger partial charge >= 0.3 is 0 Å². The van der Waals surface area contributed by atoms with E-state index in [2.05, 4.69) is 50.0 Å². The van der Waals surface area contributed by atoms with Crippen molar-refractivity contribution in [1.82, 2.24) is 24.6 Å². The van der Waals surface area contributed by atoms with Crippen LogP contribution in [-0.2, 0) is 6.54 Å². The van der Waals surface area contributed by atoms with Gasteiger partial charge in [0.2, 0.25) is 0 Å². The zero-order valence-corrected chi connectivity index (χ0v) is 17.7. The average Bonchev–Trinajstić information content (AvgIpc) is 3.12. The summed E-state index contributed by atoms with van der Waals surface area (Å²) in [6.07, 6.45) is 4.80. The number of fused-ring (bicyclic) bond motifs is 1. The van der Waals surface area contributed by atoms with Crippen LogP contribution in [0.25, 0.3) is 22.2 Å². The molecule has 0 aliphatic carbocycles. The molecule has 3 aromatic rings. The van der Waals surface area contributed by atoms with Crippen molar-refractivity contribution in [1.29, 1.82) is 0 Å². The quantitative estimate of drug-likeness (QED) is 0.685. The van der Waals surface area contributed by atoms with Crippen LogP contribution < -0.4 is 0 Å². The molecule has 0 spiro atoms. The van der Waals surface area contributed by atoms with Crippen LogP contribution in [0, 0.1) is 6.92 Å². The molecule has 3 heterocycles. The summed E-state index contributed by atoms with van der Waals surface area (Å²) in [5.41, 5.74) is 4.45. The third kappa shape index (κ3) is 3.90. The summed E-state index contributed by atoms with van der Waals surface area (Å²) in [6.45, 7) is 9.74. The molecule has 1 aromatic carbocycles. The number of benzene rings is 1. The first-order valence-electron chi connectivity index (χ1n) is 10.4. The fourth-order valence-corrected chi connectivity index (χ4v) is 4.16. The third-order valence-corrected chi connectivity index (χ3v) is 5.76. The highest BCUT2D eigenvalue weighted by Crippen LogP contribution is 2.27. The molecule has 1 atom stereocenters. The second-order valence-corrected chi connectivity index (χ2v) is 8.12. The van der Waals surface area contributed by atoms with Gasteiger partial charge in [-0.15, -0.1) is 0 Å². The van der Waals surface area contributed by atoms with Gasteiger partial charge in [0.25, 0.3) is 5.91 Å². The predicted molar refractivity (Wildman–Crippen MR) is 116 cm³/mol. The first kappa shape index (κ1) is 19.6. The van der Waals surface area contributed by atoms with E-state index >= 15 is 0 Å². The number of rotatable bonds is 3. The van der Waals surface area contributed by atoms with E-state index in [1.54, 1.807) is 0 Å². The Balaban J connectivity index is 1.82. The van der Waals surface area contributed by atoms with Crippen molar-refractivity contribution >= 4 is 16.8 Å². The molecule has 6 heteroatoms. The Morgan fingerprint density at radius 2 is 2.07 bits per heavy atom. The molecule has 1 amide bonds. The fraction of sp³-hybridized carbons (Fsp3) is 0.435. The lowest BCUT2D eigenvalue weighted by atomic mass is 10.0. The highest BCUT2D eigenvalue weighted by molar-refractivity contribution is 6.07. The topological polar surface area (TPSA) is 54.3 Å².